The van der Waals surface area contributed by atoms with Crippen molar-refractivity contribution in [1.29, 1.82) is 0 Å². The number of hydrogen-bond donors (Lipinski definition) is 1. The number of carbonyl (C=O) groups excluding carboxylic acids is 1. The highest BCUT2D eigenvalue weighted by Crippen LogP contribution is 2.19. The largest absolute Gasteiger partial charge is 0.464 e. The van der Waals surface area contributed by atoms with Crippen molar-refractivity contribution in [1.82, 2.24) is 5.32 Å². The number of benzene rings is 1. The maximum Gasteiger partial charge on any atom is 0.254 e. The molecular formula is C10H9NO2. The monoisotopic (exact) mass is 175 g/mol. The predicted molar refractivity (Wildman–Crippen MR) is 49.6 cm³/mol. The van der Waals surface area contributed by atoms with Crippen LogP contribution in [0, 0.1) is 0 Å². The fraction of sp³-hybridized carbons (Fsp3) is 0.100. The Morgan fingerprint density at radius 1 is 1.38 bits per heavy atom. The highest BCUT2D eigenvalue weighted by atomic mass is 16.3. The van der Waals surface area contributed by atoms with E-state index in [1.807, 2.05) is 18.2 Å². The Bertz CT molecular complexity index is 445. The molecule has 1 heterocycles. The Balaban J connectivity index is 2.67. The van der Waals surface area contributed by atoms with E-state index < -0.39 is 0 Å². The molecule has 0 aliphatic rings. The molecule has 66 valence electrons. The third-order valence-electron chi connectivity index (χ3n) is 1.95. The molecule has 0 radical (unpaired) electrons. The van der Waals surface area contributed by atoms with E-state index in [-0.39, 0.29) is 5.91 Å². The smallest absolute Gasteiger partial charge is 0.254 e. The van der Waals surface area contributed by atoms with Crippen LogP contribution in [0.3, 0.4) is 0 Å². The van der Waals surface area contributed by atoms with Crippen molar-refractivity contribution < 1.29 is 9.21 Å². The van der Waals surface area contributed by atoms with Crippen LogP contribution in [0.5, 0.6) is 0 Å². The summed E-state index contributed by atoms with van der Waals surface area (Å²) in [6.07, 6.45) is 1.58. The fourth-order valence-corrected chi connectivity index (χ4v) is 1.31. The Morgan fingerprint density at radius 3 is 3.00 bits per heavy atom. The maximum absolute atomic E-state index is 11.4. The van der Waals surface area contributed by atoms with Gasteiger partial charge in [0.25, 0.3) is 5.91 Å². The Morgan fingerprint density at radius 2 is 2.23 bits per heavy atom. The van der Waals surface area contributed by atoms with E-state index in [0.717, 1.165) is 5.39 Å². The van der Waals surface area contributed by atoms with Crippen molar-refractivity contribution in [2.75, 3.05) is 7.05 Å². The van der Waals surface area contributed by atoms with E-state index in [9.17, 15) is 4.79 Å². The molecule has 0 bridgehead atoms. The zero-order chi connectivity index (χ0) is 9.26. The van der Waals surface area contributed by atoms with Crippen LogP contribution in [0.4, 0.5) is 0 Å². The van der Waals surface area contributed by atoms with Crippen molar-refractivity contribution in [3.8, 4) is 0 Å². The molecule has 1 N–H and O–H groups in total. The lowest BCUT2D eigenvalue weighted by atomic mass is 10.1. The van der Waals surface area contributed by atoms with Gasteiger partial charge in [-0.2, -0.15) is 0 Å². The minimum atomic E-state index is -0.124. The third-order valence-corrected chi connectivity index (χ3v) is 1.95. The molecule has 3 nitrogen and oxygen atoms in total. The van der Waals surface area contributed by atoms with Gasteiger partial charge in [0.15, 0.2) is 0 Å². The van der Waals surface area contributed by atoms with E-state index in [2.05, 4.69) is 5.32 Å². The molecule has 0 atom stereocenters. The van der Waals surface area contributed by atoms with Crippen LogP contribution in [0.25, 0.3) is 11.0 Å². The summed E-state index contributed by atoms with van der Waals surface area (Å²) in [5.74, 6) is -0.124. The quantitative estimate of drug-likeness (QED) is 0.718. The fourth-order valence-electron chi connectivity index (χ4n) is 1.31. The van der Waals surface area contributed by atoms with Gasteiger partial charge in [0, 0.05) is 12.4 Å². The first-order valence-corrected chi connectivity index (χ1v) is 4.01. The number of rotatable bonds is 1. The Kier molecular flexibility index (Phi) is 1.77. The van der Waals surface area contributed by atoms with Crippen molar-refractivity contribution in [3.05, 3.63) is 36.1 Å². The van der Waals surface area contributed by atoms with Gasteiger partial charge in [0.2, 0.25) is 0 Å². The van der Waals surface area contributed by atoms with Gasteiger partial charge < -0.3 is 9.73 Å². The number of furan rings is 1. The lowest BCUT2D eigenvalue weighted by Gasteiger charge is -1.99. The first-order valence-electron chi connectivity index (χ1n) is 4.01. The summed E-state index contributed by atoms with van der Waals surface area (Å²) in [6.45, 7) is 0. The van der Waals surface area contributed by atoms with Gasteiger partial charge in [-0.25, -0.2) is 0 Å². The zero-order valence-corrected chi connectivity index (χ0v) is 7.20. The van der Waals surface area contributed by atoms with Crippen molar-refractivity contribution in [2.45, 2.75) is 0 Å². The molecule has 0 spiro atoms. The molecule has 0 fully saturated rings. The van der Waals surface area contributed by atoms with Crippen LogP contribution in [0.15, 0.2) is 34.9 Å². The standard InChI is InChI=1S/C10H9NO2/c1-11-10(12)8-4-2-3-7-5-6-13-9(7)8/h2-6H,1H3,(H,11,12). The number of hydrogen-bond acceptors (Lipinski definition) is 2. The molecule has 1 aromatic carbocycles. The topological polar surface area (TPSA) is 42.2 Å². The minimum absolute atomic E-state index is 0.124. The SMILES string of the molecule is CNC(=O)c1cccc2ccoc12. The third kappa shape index (κ3) is 1.18. The molecule has 1 amide bonds. The molecule has 2 aromatic rings. The van der Waals surface area contributed by atoms with Crippen LogP contribution in [-0.2, 0) is 0 Å². The number of amides is 1. The van der Waals surface area contributed by atoms with Crippen LogP contribution in [-0.4, -0.2) is 13.0 Å². The first kappa shape index (κ1) is 7.86. The van der Waals surface area contributed by atoms with Gasteiger partial charge in [-0.3, -0.25) is 4.79 Å². The molecular weight excluding hydrogens is 166 g/mol. The van der Waals surface area contributed by atoms with Gasteiger partial charge in [-0.15, -0.1) is 0 Å². The first-order chi connectivity index (χ1) is 6.33. The summed E-state index contributed by atoms with van der Waals surface area (Å²) in [4.78, 5) is 11.4. The maximum atomic E-state index is 11.4. The Labute approximate surface area is 75.3 Å². The molecule has 0 saturated heterocycles. The Hall–Kier alpha value is -1.77. The summed E-state index contributed by atoms with van der Waals surface area (Å²) in [6, 6.07) is 7.32. The lowest BCUT2D eigenvalue weighted by molar-refractivity contribution is 0.0964. The lowest BCUT2D eigenvalue weighted by Crippen LogP contribution is -2.17. The highest BCUT2D eigenvalue weighted by Gasteiger charge is 2.09. The van der Waals surface area contributed by atoms with E-state index in [0.29, 0.717) is 11.1 Å². The molecule has 0 aliphatic carbocycles. The van der Waals surface area contributed by atoms with Gasteiger partial charge >= 0.3 is 0 Å². The molecule has 0 aliphatic heterocycles. The predicted octanol–water partition coefficient (Wildman–Crippen LogP) is 1.79. The molecule has 0 saturated carbocycles. The summed E-state index contributed by atoms with van der Waals surface area (Å²) < 4.78 is 5.21. The van der Waals surface area contributed by atoms with Crippen LogP contribution in [0.2, 0.25) is 0 Å². The molecule has 3 heteroatoms. The minimum Gasteiger partial charge on any atom is -0.464 e. The van der Waals surface area contributed by atoms with Crippen molar-refractivity contribution in [3.63, 3.8) is 0 Å². The number of nitrogens with one attached hydrogen (secondary N) is 1. The second-order valence-corrected chi connectivity index (χ2v) is 2.72. The second kappa shape index (κ2) is 2.94. The number of carbonyl (C=O) groups is 1. The molecule has 2 rings (SSSR count). The van der Waals surface area contributed by atoms with Crippen molar-refractivity contribution in [2.24, 2.45) is 0 Å². The summed E-state index contributed by atoms with van der Waals surface area (Å²) in [7, 11) is 1.60. The summed E-state index contributed by atoms with van der Waals surface area (Å²) in [5, 5.41) is 3.51. The highest BCUT2D eigenvalue weighted by molar-refractivity contribution is 6.04. The van der Waals surface area contributed by atoms with Crippen LogP contribution in [0.1, 0.15) is 10.4 Å². The summed E-state index contributed by atoms with van der Waals surface area (Å²) in [5.41, 5.74) is 1.21. The average molecular weight is 175 g/mol. The van der Waals surface area contributed by atoms with Crippen LogP contribution >= 0.6 is 0 Å². The molecule has 13 heavy (non-hydrogen) atoms. The zero-order valence-electron chi connectivity index (χ0n) is 7.20. The van der Waals surface area contributed by atoms with E-state index in [4.69, 9.17) is 4.42 Å². The van der Waals surface area contributed by atoms with Gasteiger partial charge in [-0.05, 0) is 12.1 Å². The second-order valence-electron chi connectivity index (χ2n) is 2.72. The van der Waals surface area contributed by atoms with Crippen LogP contribution < -0.4 is 5.32 Å². The summed E-state index contributed by atoms with van der Waals surface area (Å²) >= 11 is 0. The van der Waals surface area contributed by atoms with E-state index in [1.165, 1.54) is 0 Å². The van der Waals surface area contributed by atoms with Gasteiger partial charge in [0.05, 0.1) is 11.8 Å². The van der Waals surface area contributed by atoms with Gasteiger partial charge in [-0.1, -0.05) is 12.1 Å². The number of fused-ring (bicyclic) bond motifs is 1. The van der Waals surface area contributed by atoms with E-state index >= 15 is 0 Å². The van der Waals surface area contributed by atoms with Crippen molar-refractivity contribution >= 4 is 16.9 Å². The van der Waals surface area contributed by atoms with E-state index in [1.54, 1.807) is 19.4 Å². The average Bonchev–Trinajstić information content (AvgIpc) is 2.63. The van der Waals surface area contributed by atoms with Gasteiger partial charge in [0.1, 0.15) is 5.58 Å². The molecule has 0 unspecified atom stereocenters. The molecule has 1 aromatic heterocycles. The number of para-hydroxylation sites is 1. The normalized spacial score (nSPS) is 10.2.